The number of benzene rings is 2. The molecular weight excluding hydrogens is 333 g/mol. The highest BCUT2D eigenvalue weighted by Gasteiger charge is 2.29. The summed E-state index contributed by atoms with van der Waals surface area (Å²) in [5.41, 5.74) is 2.72. The number of amides is 2. The smallest absolute Gasteiger partial charge is 0.255 e. The first kappa shape index (κ1) is 16.7. The maximum atomic E-state index is 14.7. The Bertz CT molecular complexity index is 877. The molecule has 1 aliphatic heterocycles. The van der Waals surface area contributed by atoms with Gasteiger partial charge in [-0.25, -0.2) is 4.39 Å². The summed E-state index contributed by atoms with van der Waals surface area (Å²) in [6.07, 6.45) is 2.44. The molecule has 0 bridgehead atoms. The molecule has 0 atom stereocenters. The van der Waals surface area contributed by atoms with E-state index < -0.39 is 5.91 Å². The highest BCUT2D eigenvalue weighted by Crippen LogP contribution is 2.30. The number of hydrogen-bond donors (Lipinski definition) is 3. The zero-order valence-electron chi connectivity index (χ0n) is 14.3. The molecule has 0 spiro atoms. The van der Waals surface area contributed by atoms with Gasteiger partial charge in [0.15, 0.2) is 0 Å². The molecule has 134 valence electrons. The van der Waals surface area contributed by atoms with Gasteiger partial charge >= 0.3 is 0 Å². The van der Waals surface area contributed by atoms with Gasteiger partial charge in [0.2, 0.25) is 5.91 Å². The third kappa shape index (κ3) is 3.46. The van der Waals surface area contributed by atoms with Crippen molar-refractivity contribution in [3.8, 4) is 0 Å². The van der Waals surface area contributed by atoms with Gasteiger partial charge in [0.1, 0.15) is 5.82 Å². The van der Waals surface area contributed by atoms with E-state index in [9.17, 15) is 14.0 Å². The van der Waals surface area contributed by atoms with Crippen LogP contribution >= 0.6 is 0 Å². The van der Waals surface area contributed by atoms with Crippen LogP contribution in [0, 0.1) is 11.7 Å². The largest absolute Gasteiger partial charge is 0.326 e. The van der Waals surface area contributed by atoms with Gasteiger partial charge < -0.3 is 16.0 Å². The lowest BCUT2D eigenvalue weighted by Gasteiger charge is -2.19. The van der Waals surface area contributed by atoms with E-state index in [1.54, 1.807) is 30.3 Å². The minimum Gasteiger partial charge on any atom is -0.326 e. The summed E-state index contributed by atoms with van der Waals surface area (Å²) < 4.78 is 14.7. The van der Waals surface area contributed by atoms with Crippen molar-refractivity contribution in [2.75, 3.05) is 17.2 Å². The van der Waals surface area contributed by atoms with Crippen LogP contribution in [0.4, 0.5) is 15.8 Å². The molecule has 2 aliphatic rings. The fourth-order valence-electron chi connectivity index (χ4n) is 3.15. The maximum absolute atomic E-state index is 14.7. The summed E-state index contributed by atoms with van der Waals surface area (Å²) >= 11 is 0. The fraction of sp³-hybridized carbons (Fsp3) is 0.300. The predicted octanol–water partition coefficient (Wildman–Crippen LogP) is 3.07. The minimum atomic E-state index is -0.402. The van der Waals surface area contributed by atoms with E-state index in [2.05, 4.69) is 16.0 Å². The number of carbonyl (C=O) groups excluding carboxylic acids is 2. The number of fused-ring (bicyclic) bond motifs is 1. The Kier molecular flexibility index (Phi) is 4.42. The summed E-state index contributed by atoms with van der Waals surface area (Å²) in [5.74, 6) is -0.695. The van der Waals surface area contributed by atoms with Crippen molar-refractivity contribution in [2.45, 2.75) is 25.8 Å². The Hall–Kier alpha value is -2.73. The van der Waals surface area contributed by atoms with Crippen LogP contribution in [0.2, 0.25) is 0 Å². The first-order valence-corrected chi connectivity index (χ1v) is 8.85. The number of carbonyl (C=O) groups is 2. The number of nitrogens with one attached hydrogen (secondary N) is 3. The van der Waals surface area contributed by atoms with Gasteiger partial charge in [0, 0.05) is 23.7 Å². The van der Waals surface area contributed by atoms with Crippen molar-refractivity contribution >= 4 is 23.2 Å². The standard InChI is InChI=1S/C20H20FN3O2/c21-18-16-8-9-22-11-14(16)6-7-17(18)24-20(26)13-2-1-3-15(10-13)23-19(25)12-4-5-12/h1-3,6-7,10,12,22H,4-5,8-9,11H2,(H,23,25)(H,24,26). The highest BCUT2D eigenvalue weighted by molar-refractivity contribution is 6.05. The average Bonchev–Trinajstić information content (AvgIpc) is 3.50. The van der Waals surface area contributed by atoms with Gasteiger partial charge in [-0.3, -0.25) is 9.59 Å². The molecule has 0 saturated heterocycles. The Morgan fingerprint density at radius 2 is 1.96 bits per heavy atom. The third-order valence-electron chi connectivity index (χ3n) is 4.80. The topological polar surface area (TPSA) is 70.2 Å². The van der Waals surface area contributed by atoms with Crippen molar-refractivity contribution in [3.63, 3.8) is 0 Å². The molecule has 1 saturated carbocycles. The molecule has 6 heteroatoms. The molecule has 1 heterocycles. The first-order chi connectivity index (χ1) is 12.6. The summed E-state index contributed by atoms with van der Waals surface area (Å²) in [4.78, 5) is 24.4. The molecule has 0 radical (unpaired) electrons. The van der Waals surface area contributed by atoms with Crippen LogP contribution in [0.3, 0.4) is 0 Å². The van der Waals surface area contributed by atoms with Crippen LogP contribution in [-0.2, 0) is 17.8 Å². The summed E-state index contributed by atoms with van der Waals surface area (Å²) in [5, 5.41) is 8.66. The number of rotatable bonds is 4. The third-order valence-corrected chi connectivity index (χ3v) is 4.80. The van der Waals surface area contributed by atoms with Gasteiger partial charge in [-0.2, -0.15) is 0 Å². The van der Waals surface area contributed by atoms with E-state index in [1.165, 1.54) is 0 Å². The van der Waals surface area contributed by atoms with Crippen LogP contribution < -0.4 is 16.0 Å². The maximum Gasteiger partial charge on any atom is 0.255 e. The molecule has 1 aliphatic carbocycles. The van der Waals surface area contributed by atoms with Crippen molar-refractivity contribution < 1.29 is 14.0 Å². The Morgan fingerprint density at radius 1 is 1.12 bits per heavy atom. The molecule has 0 unspecified atom stereocenters. The molecule has 2 amide bonds. The average molecular weight is 353 g/mol. The van der Waals surface area contributed by atoms with Crippen LogP contribution in [0.15, 0.2) is 36.4 Å². The van der Waals surface area contributed by atoms with Crippen molar-refractivity contribution in [1.82, 2.24) is 5.32 Å². The number of anilines is 2. The van der Waals surface area contributed by atoms with E-state index in [0.29, 0.717) is 29.8 Å². The van der Waals surface area contributed by atoms with Gasteiger partial charge in [0.05, 0.1) is 5.69 Å². The second-order valence-corrected chi connectivity index (χ2v) is 6.79. The molecule has 1 fully saturated rings. The lowest BCUT2D eigenvalue weighted by Crippen LogP contribution is -2.25. The summed E-state index contributed by atoms with van der Waals surface area (Å²) in [6.45, 7) is 1.37. The fourth-order valence-corrected chi connectivity index (χ4v) is 3.15. The number of hydrogen-bond acceptors (Lipinski definition) is 3. The highest BCUT2D eigenvalue weighted by atomic mass is 19.1. The van der Waals surface area contributed by atoms with Crippen molar-refractivity contribution in [1.29, 1.82) is 0 Å². The molecule has 2 aromatic carbocycles. The van der Waals surface area contributed by atoms with Gasteiger partial charge in [-0.05, 0) is 61.2 Å². The van der Waals surface area contributed by atoms with Crippen molar-refractivity contribution in [2.24, 2.45) is 5.92 Å². The molecule has 0 aromatic heterocycles. The Morgan fingerprint density at radius 3 is 2.77 bits per heavy atom. The monoisotopic (exact) mass is 353 g/mol. The lowest BCUT2D eigenvalue weighted by atomic mass is 9.99. The minimum absolute atomic E-state index is 0.0168. The van der Waals surface area contributed by atoms with E-state index in [0.717, 1.165) is 24.9 Å². The van der Waals surface area contributed by atoms with Gasteiger partial charge in [-0.1, -0.05) is 12.1 Å². The van der Waals surface area contributed by atoms with Gasteiger partial charge in [0.25, 0.3) is 5.91 Å². The Balaban J connectivity index is 1.50. The molecule has 3 N–H and O–H groups in total. The molecular formula is C20H20FN3O2. The van der Waals surface area contributed by atoms with Gasteiger partial charge in [-0.15, -0.1) is 0 Å². The Labute approximate surface area is 151 Å². The van der Waals surface area contributed by atoms with E-state index in [1.807, 2.05) is 6.07 Å². The van der Waals surface area contributed by atoms with Crippen LogP contribution in [0.1, 0.15) is 34.3 Å². The van der Waals surface area contributed by atoms with Crippen LogP contribution in [-0.4, -0.2) is 18.4 Å². The molecule has 4 rings (SSSR count). The second kappa shape index (κ2) is 6.88. The lowest BCUT2D eigenvalue weighted by molar-refractivity contribution is -0.117. The molecule has 26 heavy (non-hydrogen) atoms. The SMILES string of the molecule is O=C(Nc1ccc2c(c1F)CCNC2)c1cccc(NC(=O)C2CC2)c1. The second-order valence-electron chi connectivity index (χ2n) is 6.79. The molecule has 2 aromatic rings. The van der Waals surface area contributed by atoms with E-state index in [4.69, 9.17) is 0 Å². The first-order valence-electron chi connectivity index (χ1n) is 8.85. The normalized spacial score (nSPS) is 15.9. The predicted molar refractivity (Wildman–Crippen MR) is 97.6 cm³/mol. The van der Waals surface area contributed by atoms with E-state index >= 15 is 0 Å². The van der Waals surface area contributed by atoms with Crippen molar-refractivity contribution in [3.05, 3.63) is 58.9 Å². The molecule has 5 nitrogen and oxygen atoms in total. The zero-order valence-corrected chi connectivity index (χ0v) is 14.3. The number of halogens is 1. The van der Waals surface area contributed by atoms with Crippen LogP contribution in [0.25, 0.3) is 0 Å². The quantitative estimate of drug-likeness (QED) is 0.791. The van der Waals surface area contributed by atoms with E-state index in [-0.39, 0.29) is 23.3 Å². The van der Waals surface area contributed by atoms with Crippen LogP contribution in [0.5, 0.6) is 0 Å². The zero-order chi connectivity index (χ0) is 18.1. The summed E-state index contributed by atoms with van der Waals surface area (Å²) in [6, 6.07) is 10.1. The summed E-state index contributed by atoms with van der Waals surface area (Å²) in [7, 11) is 0.